The van der Waals surface area contributed by atoms with E-state index >= 15 is 0 Å². The van der Waals surface area contributed by atoms with Crippen molar-refractivity contribution in [2.75, 3.05) is 12.4 Å². The minimum atomic E-state index is -0.182. The summed E-state index contributed by atoms with van der Waals surface area (Å²) in [6.07, 6.45) is 0. The fourth-order valence-electron chi connectivity index (χ4n) is 2.36. The highest BCUT2D eigenvalue weighted by Gasteiger charge is 2.05. The Labute approximate surface area is 119 Å². The molecule has 0 saturated heterocycles. The van der Waals surface area contributed by atoms with Gasteiger partial charge in [-0.15, -0.1) is 0 Å². The van der Waals surface area contributed by atoms with Gasteiger partial charge >= 0.3 is 0 Å². The number of hydrogen-bond donors (Lipinski definition) is 1. The third-order valence-electron chi connectivity index (χ3n) is 3.38. The van der Waals surface area contributed by atoms with Crippen LogP contribution in [0.4, 0.5) is 10.1 Å². The fraction of sp³-hybridized carbons (Fsp3) is 0.294. The summed E-state index contributed by atoms with van der Waals surface area (Å²) in [7, 11) is 1.91. The van der Waals surface area contributed by atoms with E-state index in [-0.39, 0.29) is 5.82 Å². The van der Waals surface area contributed by atoms with Gasteiger partial charge in [0.25, 0.3) is 0 Å². The van der Waals surface area contributed by atoms with Gasteiger partial charge in [0.05, 0.1) is 0 Å². The van der Waals surface area contributed by atoms with Crippen LogP contribution in [0.3, 0.4) is 0 Å². The molecule has 1 N–H and O–H groups in total. The van der Waals surface area contributed by atoms with Gasteiger partial charge < -0.3 is 10.1 Å². The van der Waals surface area contributed by atoms with E-state index in [4.69, 9.17) is 4.74 Å². The minimum Gasteiger partial charge on any atom is -0.489 e. The molecule has 0 spiro atoms. The van der Waals surface area contributed by atoms with Gasteiger partial charge in [0.2, 0.25) is 0 Å². The lowest BCUT2D eigenvalue weighted by molar-refractivity contribution is 0.305. The van der Waals surface area contributed by atoms with Gasteiger partial charge in [0, 0.05) is 12.7 Å². The lowest BCUT2D eigenvalue weighted by Gasteiger charge is -2.13. The molecule has 2 aromatic rings. The van der Waals surface area contributed by atoms with Gasteiger partial charge in [-0.3, -0.25) is 0 Å². The standard InChI is InChI=1S/C17H20FNO/c1-11-7-14(5-6-16(11)18)10-20-15-8-12(2)17(19-4)13(3)9-15/h5-9,19H,10H2,1-4H3. The van der Waals surface area contributed by atoms with Crippen molar-refractivity contribution in [2.45, 2.75) is 27.4 Å². The van der Waals surface area contributed by atoms with Crippen LogP contribution in [0.1, 0.15) is 22.3 Å². The van der Waals surface area contributed by atoms with Gasteiger partial charge in [-0.1, -0.05) is 6.07 Å². The summed E-state index contributed by atoms with van der Waals surface area (Å²) in [6, 6.07) is 9.07. The quantitative estimate of drug-likeness (QED) is 0.893. The van der Waals surface area contributed by atoms with Crippen molar-refractivity contribution in [3.05, 3.63) is 58.4 Å². The lowest BCUT2D eigenvalue weighted by Crippen LogP contribution is -2.00. The predicted octanol–water partition coefficient (Wildman–Crippen LogP) is 4.37. The van der Waals surface area contributed by atoms with Crippen molar-refractivity contribution in [3.63, 3.8) is 0 Å². The average Bonchev–Trinajstić information content (AvgIpc) is 2.40. The number of benzene rings is 2. The van der Waals surface area contributed by atoms with E-state index in [0.29, 0.717) is 12.2 Å². The number of aryl methyl sites for hydroxylation is 3. The fourth-order valence-corrected chi connectivity index (χ4v) is 2.36. The molecule has 2 nitrogen and oxygen atoms in total. The molecule has 0 heterocycles. The topological polar surface area (TPSA) is 21.3 Å². The van der Waals surface area contributed by atoms with Gasteiger partial charge in [0.1, 0.15) is 18.2 Å². The van der Waals surface area contributed by atoms with Crippen molar-refractivity contribution in [1.82, 2.24) is 0 Å². The first kappa shape index (κ1) is 14.4. The van der Waals surface area contributed by atoms with Crippen molar-refractivity contribution in [1.29, 1.82) is 0 Å². The molecular weight excluding hydrogens is 253 g/mol. The monoisotopic (exact) mass is 273 g/mol. The maximum atomic E-state index is 13.2. The molecule has 0 aliphatic carbocycles. The van der Waals surface area contributed by atoms with Crippen LogP contribution in [0.15, 0.2) is 30.3 Å². The van der Waals surface area contributed by atoms with Crippen LogP contribution < -0.4 is 10.1 Å². The first-order chi connectivity index (χ1) is 9.51. The van der Waals surface area contributed by atoms with Crippen molar-refractivity contribution < 1.29 is 9.13 Å². The molecule has 0 aliphatic heterocycles. The molecule has 0 bridgehead atoms. The highest BCUT2D eigenvalue weighted by Crippen LogP contribution is 2.26. The normalized spacial score (nSPS) is 10.4. The highest BCUT2D eigenvalue weighted by atomic mass is 19.1. The molecule has 2 aromatic carbocycles. The van der Waals surface area contributed by atoms with Crippen LogP contribution in [-0.4, -0.2) is 7.05 Å². The Morgan fingerprint density at radius 3 is 2.20 bits per heavy atom. The zero-order chi connectivity index (χ0) is 14.7. The summed E-state index contributed by atoms with van der Waals surface area (Å²) >= 11 is 0. The number of hydrogen-bond acceptors (Lipinski definition) is 2. The Hall–Kier alpha value is -2.03. The highest BCUT2D eigenvalue weighted by molar-refractivity contribution is 5.59. The maximum Gasteiger partial charge on any atom is 0.126 e. The Kier molecular flexibility index (Phi) is 4.28. The predicted molar refractivity (Wildman–Crippen MR) is 80.9 cm³/mol. The second-order valence-corrected chi connectivity index (χ2v) is 5.05. The molecule has 20 heavy (non-hydrogen) atoms. The Morgan fingerprint density at radius 2 is 1.65 bits per heavy atom. The van der Waals surface area contributed by atoms with Crippen molar-refractivity contribution in [3.8, 4) is 5.75 Å². The molecule has 0 amide bonds. The van der Waals surface area contributed by atoms with Gasteiger partial charge in [-0.05, 0) is 67.3 Å². The molecule has 0 fully saturated rings. The zero-order valence-corrected chi connectivity index (χ0v) is 12.4. The van der Waals surface area contributed by atoms with Crippen molar-refractivity contribution in [2.24, 2.45) is 0 Å². The summed E-state index contributed by atoms with van der Waals surface area (Å²) in [6.45, 7) is 6.30. The van der Waals surface area contributed by atoms with Crippen LogP contribution >= 0.6 is 0 Å². The summed E-state index contributed by atoms with van der Waals surface area (Å²) in [4.78, 5) is 0. The van der Waals surface area contributed by atoms with E-state index in [1.807, 2.05) is 39.1 Å². The first-order valence-electron chi connectivity index (χ1n) is 6.68. The number of anilines is 1. The number of rotatable bonds is 4. The molecule has 2 rings (SSSR count). The second kappa shape index (κ2) is 5.95. The molecule has 0 unspecified atom stereocenters. The van der Waals surface area contributed by atoms with E-state index in [0.717, 1.165) is 28.1 Å². The molecule has 0 aliphatic rings. The van der Waals surface area contributed by atoms with Crippen LogP contribution in [0, 0.1) is 26.6 Å². The lowest BCUT2D eigenvalue weighted by atomic mass is 10.1. The second-order valence-electron chi connectivity index (χ2n) is 5.05. The largest absolute Gasteiger partial charge is 0.489 e. The minimum absolute atomic E-state index is 0.182. The van der Waals surface area contributed by atoms with Crippen LogP contribution in [-0.2, 0) is 6.61 Å². The third-order valence-corrected chi connectivity index (χ3v) is 3.38. The van der Waals surface area contributed by atoms with Crippen LogP contribution in [0.25, 0.3) is 0 Å². The molecule has 0 atom stereocenters. The van der Waals surface area contributed by atoms with Crippen LogP contribution in [0.5, 0.6) is 5.75 Å². The maximum absolute atomic E-state index is 13.2. The van der Waals surface area contributed by atoms with Gasteiger partial charge in [0.15, 0.2) is 0 Å². The summed E-state index contributed by atoms with van der Waals surface area (Å²) < 4.78 is 19.0. The summed E-state index contributed by atoms with van der Waals surface area (Å²) in [5.74, 6) is 0.653. The molecule has 3 heteroatoms. The Morgan fingerprint density at radius 1 is 1.00 bits per heavy atom. The van der Waals surface area contributed by atoms with E-state index in [1.54, 1.807) is 13.0 Å². The number of nitrogens with one attached hydrogen (secondary N) is 1. The Bertz CT molecular complexity index is 599. The average molecular weight is 273 g/mol. The van der Waals surface area contributed by atoms with Gasteiger partial charge in [-0.25, -0.2) is 4.39 Å². The van der Waals surface area contributed by atoms with E-state index in [9.17, 15) is 4.39 Å². The Balaban J connectivity index is 2.13. The molecule has 0 saturated carbocycles. The molecule has 106 valence electrons. The van der Waals surface area contributed by atoms with E-state index < -0.39 is 0 Å². The summed E-state index contributed by atoms with van der Waals surface area (Å²) in [5, 5.41) is 3.18. The number of ether oxygens (including phenoxy) is 1. The van der Waals surface area contributed by atoms with Crippen molar-refractivity contribution >= 4 is 5.69 Å². The molecule has 0 aromatic heterocycles. The molecule has 0 radical (unpaired) electrons. The van der Waals surface area contributed by atoms with E-state index in [1.165, 1.54) is 6.07 Å². The van der Waals surface area contributed by atoms with Gasteiger partial charge in [-0.2, -0.15) is 0 Å². The smallest absolute Gasteiger partial charge is 0.126 e. The SMILES string of the molecule is CNc1c(C)cc(OCc2ccc(F)c(C)c2)cc1C. The molecular formula is C17H20FNO. The number of halogens is 1. The first-order valence-corrected chi connectivity index (χ1v) is 6.68. The summed E-state index contributed by atoms with van der Waals surface area (Å²) in [5.41, 5.74) is 5.05. The zero-order valence-electron chi connectivity index (χ0n) is 12.4. The van der Waals surface area contributed by atoms with E-state index in [2.05, 4.69) is 5.32 Å². The third kappa shape index (κ3) is 3.10. The van der Waals surface area contributed by atoms with Crippen LogP contribution in [0.2, 0.25) is 0 Å².